The van der Waals surface area contributed by atoms with Crippen LogP contribution < -0.4 is 4.90 Å². The van der Waals surface area contributed by atoms with E-state index in [9.17, 15) is 4.79 Å². The van der Waals surface area contributed by atoms with Gasteiger partial charge in [-0.15, -0.1) is 0 Å². The fourth-order valence-corrected chi connectivity index (χ4v) is 2.22. The highest BCUT2D eigenvalue weighted by Crippen LogP contribution is 2.28. The third-order valence-electron chi connectivity index (χ3n) is 3.10. The standard InChI is InChI=1S/C13H17NO2/c1-3-14-8-4-5-10-6-7-11(9-12(10)14)13(15)16-2/h6-7,9H,3-5,8H2,1-2H3. The molecule has 0 aliphatic carbocycles. The first-order valence-corrected chi connectivity index (χ1v) is 5.72. The number of methoxy groups -OCH3 is 1. The topological polar surface area (TPSA) is 29.5 Å². The van der Waals surface area contributed by atoms with E-state index in [4.69, 9.17) is 4.74 Å². The van der Waals surface area contributed by atoms with Crippen molar-refractivity contribution in [3.63, 3.8) is 0 Å². The highest BCUT2D eigenvalue weighted by molar-refractivity contribution is 5.90. The maximum atomic E-state index is 11.5. The molecule has 0 spiro atoms. The Morgan fingerprint density at radius 2 is 2.31 bits per heavy atom. The van der Waals surface area contributed by atoms with Gasteiger partial charge >= 0.3 is 5.97 Å². The van der Waals surface area contributed by atoms with E-state index < -0.39 is 0 Å². The Balaban J connectivity index is 2.38. The van der Waals surface area contributed by atoms with Crippen molar-refractivity contribution in [3.8, 4) is 0 Å². The summed E-state index contributed by atoms with van der Waals surface area (Å²) in [6.07, 6.45) is 2.30. The number of fused-ring (bicyclic) bond motifs is 1. The molecule has 2 rings (SSSR count). The Hall–Kier alpha value is -1.51. The zero-order valence-electron chi connectivity index (χ0n) is 9.82. The molecule has 0 unspecified atom stereocenters. The average Bonchev–Trinajstić information content (AvgIpc) is 2.36. The molecule has 0 saturated carbocycles. The van der Waals surface area contributed by atoms with E-state index in [1.54, 1.807) is 0 Å². The van der Waals surface area contributed by atoms with Crippen LogP contribution in [0.15, 0.2) is 18.2 Å². The molecule has 1 aliphatic heterocycles. The van der Waals surface area contributed by atoms with Crippen molar-refractivity contribution in [2.24, 2.45) is 0 Å². The fraction of sp³-hybridized carbons (Fsp3) is 0.462. The molecule has 86 valence electrons. The molecule has 0 amide bonds. The Morgan fingerprint density at radius 1 is 1.50 bits per heavy atom. The van der Waals surface area contributed by atoms with Crippen LogP contribution in [0.25, 0.3) is 0 Å². The third-order valence-corrected chi connectivity index (χ3v) is 3.10. The first-order chi connectivity index (χ1) is 7.76. The summed E-state index contributed by atoms with van der Waals surface area (Å²) < 4.78 is 4.74. The average molecular weight is 219 g/mol. The molecule has 3 heteroatoms. The van der Waals surface area contributed by atoms with Gasteiger partial charge in [-0.05, 0) is 37.5 Å². The van der Waals surface area contributed by atoms with E-state index in [-0.39, 0.29) is 5.97 Å². The number of benzene rings is 1. The number of carbonyl (C=O) groups excluding carboxylic acids is 1. The summed E-state index contributed by atoms with van der Waals surface area (Å²) in [5.74, 6) is -0.260. The van der Waals surface area contributed by atoms with E-state index in [1.165, 1.54) is 24.8 Å². The zero-order chi connectivity index (χ0) is 11.5. The molecule has 0 N–H and O–H groups in total. The zero-order valence-corrected chi connectivity index (χ0v) is 9.82. The fourth-order valence-electron chi connectivity index (χ4n) is 2.22. The summed E-state index contributed by atoms with van der Waals surface area (Å²) in [4.78, 5) is 13.8. The van der Waals surface area contributed by atoms with Gasteiger partial charge < -0.3 is 9.64 Å². The van der Waals surface area contributed by atoms with E-state index in [2.05, 4.69) is 11.8 Å². The van der Waals surface area contributed by atoms with Crippen LogP contribution in [0.4, 0.5) is 5.69 Å². The summed E-state index contributed by atoms with van der Waals surface area (Å²) >= 11 is 0. The molecule has 16 heavy (non-hydrogen) atoms. The number of anilines is 1. The molecule has 0 radical (unpaired) electrons. The molecule has 3 nitrogen and oxygen atoms in total. The summed E-state index contributed by atoms with van der Waals surface area (Å²) in [5.41, 5.74) is 3.17. The predicted molar refractivity (Wildman–Crippen MR) is 64.0 cm³/mol. The Bertz CT molecular complexity index is 401. The molecule has 1 aromatic carbocycles. The molecule has 0 atom stereocenters. The first kappa shape index (κ1) is 11.0. The van der Waals surface area contributed by atoms with Crippen molar-refractivity contribution in [2.75, 3.05) is 25.1 Å². The molecule has 0 fully saturated rings. The van der Waals surface area contributed by atoms with Gasteiger partial charge in [-0.2, -0.15) is 0 Å². The van der Waals surface area contributed by atoms with Gasteiger partial charge in [0.2, 0.25) is 0 Å². The van der Waals surface area contributed by atoms with Gasteiger partial charge in [-0.3, -0.25) is 0 Å². The number of hydrogen-bond acceptors (Lipinski definition) is 3. The van der Waals surface area contributed by atoms with Crippen molar-refractivity contribution < 1.29 is 9.53 Å². The monoisotopic (exact) mass is 219 g/mol. The predicted octanol–water partition coefficient (Wildman–Crippen LogP) is 2.25. The van der Waals surface area contributed by atoms with Crippen LogP contribution in [0.2, 0.25) is 0 Å². The van der Waals surface area contributed by atoms with E-state index in [0.717, 1.165) is 19.5 Å². The van der Waals surface area contributed by atoms with Crippen molar-refractivity contribution >= 4 is 11.7 Å². The molecule has 1 aliphatic rings. The van der Waals surface area contributed by atoms with Crippen LogP contribution in [0, 0.1) is 0 Å². The number of esters is 1. The van der Waals surface area contributed by atoms with Crippen molar-refractivity contribution in [1.82, 2.24) is 0 Å². The third kappa shape index (κ3) is 1.90. The molecule has 0 saturated heterocycles. The van der Waals surface area contributed by atoms with E-state index in [0.29, 0.717) is 5.56 Å². The lowest BCUT2D eigenvalue weighted by atomic mass is 9.99. The molecule has 0 aromatic heterocycles. The highest BCUT2D eigenvalue weighted by atomic mass is 16.5. The second kappa shape index (κ2) is 4.56. The minimum atomic E-state index is -0.260. The first-order valence-electron chi connectivity index (χ1n) is 5.72. The van der Waals surface area contributed by atoms with Gasteiger partial charge in [0.25, 0.3) is 0 Å². The van der Waals surface area contributed by atoms with Gasteiger partial charge in [0.05, 0.1) is 12.7 Å². The quantitative estimate of drug-likeness (QED) is 0.714. The number of ether oxygens (including phenoxy) is 1. The number of rotatable bonds is 2. The second-order valence-corrected chi connectivity index (χ2v) is 4.02. The van der Waals surface area contributed by atoms with Crippen molar-refractivity contribution in [3.05, 3.63) is 29.3 Å². The lowest BCUT2D eigenvalue weighted by Crippen LogP contribution is -2.29. The molecule has 0 bridgehead atoms. The largest absolute Gasteiger partial charge is 0.465 e. The lowest BCUT2D eigenvalue weighted by Gasteiger charge is -2.30. The molecule has 1 heterocycles. The summed E-state index contributed by atoms with van der Waals surface area (Å²) in [6, 6.07) is 5.84. The number of carbonyl (C=O) groups is 1. The van der Waals surface area contributed by atoms with Gasteiger partial charge in [0.1, 0.15) is 0 Å². The van der Waals surface area contributed by atoms with Gasteiger partial charge in [-0.1, -0.05) is 6.07 Å². The van der Waals surface area contributed by atoms with Crippen LogP contribution in [0.1, 0.15) is 29.3 Å². The molecule has 1 aromatic rings. The number of aryl methyl sites for hydroxylation is 1. The number of nitrogens with zero attached hydrogens (tertiary/aromatic N) is 1. The minimum Gasteiger partial charge on any atom is -0.465 e. The van der Waals surface area contributed by atoms with Crippen molar-refractivity contribution in [1.29, 1.82) is 0 Å². The second-order valence-electron chi connectivity index (χ2n) is 4.02. The maximum Gasteiger partial charge on any atom is 0.337 e. The Kier molecular flexibility index (Phi) is 3.13. The van der Waals surface area contributed by atoms with E-state index in [1.807, 2.05) is 18.2 Å². The van der Waals surface area contributed by atoms with Gasteiger partial charge in [0.15, 0.2) is 0 Å². The normalized spacial score (nSPS) is 14.5. The molecular formula is C13H17NO2. The van der Waals surface area contributed by atoms with Crippen molar-refractivity contribution in [2.45, 2.75) is 19.8 Å². The summed E-state index contributed by atoms with van der Waals surface area (Å²) in [6.45, 7) is 4.20. The van der Waals surface area contributed by atoms with Crippen LogP contribution in [0.3, 0.4) is 0 Å². The Labute approximate surface area is 96.0 Å². The lowest BCUT2D eigenvalue weighted by molar-refractivity contribution is 0.0601. The van der Waals surface area contributed by atoms with Gasteiger partial charge in [-0.25, -0.2) is 4.79 Å². The van der Waals surface area contributed by atoms with Crippen LogP contribution >= 0.6 is 0 Å². The SMILES string of the molecule is CCN1CCCc2ccc(C(=O)OC)cc21. The molecular weight excluding hydrogens is 202 g/mol. The van der Waals surface area contributed by atoms with E-state index >= 15 is 0 Å². The maximum absolute atomic E-state index is 11.5. The van der Waals surface area contributed by atoms with Gasteiger partial charge in [0, 0.05) is 18.8 Å². The van der Waals surface area contributed by atoms with Crippen LogP contribution in [-0.4, -0.2) is 26.2 Å². The Morgan fingerprint density at radius 3 is 3.00 bits per heavy atom. The summed E-state index contributed by atoms with van der Waals surface area (Å²) in [5, 5.41) is 0. The minimum absolute atomic E-state index is 0.260. The summed E-state index contributed by atoms with van der Waals surface area (Å²) in [7, 11) is 1.42. The number of hydrogen-bond donors (Lipinski definition) is 0. The smallest absolute Gasteiger partial charge is 0.337 e. The van der Waals surface area contributed by atoms with Crippen LogP contribution in [0.5, 0.6) is 0 Å². The van der Waals surface area contributed by atoms with Crippen LogP contribution in [-0.2, 0) is 11.2 Å². The highest BCUT2D eigenvalue weighted by Gasteiger charge is 2.17.